The van der Waals surface area contributed by atoms with Crippen molar-refractivity contribution in [2.24, 2.45) is 11.8 Å². The third-order valence-electron chi connectivity index (χ3n) is 7.56. The lowest BCUT2D eigenvalue weighted by Crippen LogP contribution is -2.48. The number of aryl methyl sites for hydroxylation is 2. The summed E-state index contributed by atoms with van der Waals surface area (Å²) in [6.45, 7) is 5.38. The van der Waals surface area contributed by atoms with E-state index in [1.54, 1.807) is 0 Å². The Morgan fingerprint density at radius 3 is 2.59 bits per heavy atom. The molecule has 1 saturated heterocycles. The summed E-state index contributed by atoms with van der Waals surface area (Å²) in [5.74, 6) is 1.05. The molecular formula is C31H37N3O3. The Morgan fingerprint density at radius 2 is 1.73 bits per heavy atom. The molecule has 6 heteroatoms. The maximum atomic E-state index is 13.1. The van der Waals surface area contributed by atoms with E-state index in [0.29, 0.717) is 26.2 Å². The van der Waals surface area contributed by atoms with Crippen molar-refractivity contribution in [1.29, 1.82) is 0 Å². The van der Waals surface area contributed by atoms with Crippen molar-refractivity contribution >= 4 is 22.6 Å². The summed E-state index contributed by atoms with van der Waals surface area (Å²) in [6.07, 6.45) is 4.33. The van der Waals surface area contributed by atoms with Gasteiger partial charge < -0.3 is 15.4 Å². The second kappa shape index (κ2) is 11.8. The van der Waals surface area contributed by atoms with Gasteiger partial charge >= 0.3 is 0 Å². The molecule has 2 aliphatic rings. The van der Waals surface area contributed by atoms with Gasteiger partial charge in [0.2, 0.25) is 11.8 Å². The van der Waals surface area contributed by atoms with Crippen molar-refractivity contribution in [3.63, 3.8) is 0 Å². The number of nitrogens with zero attached hydrogens (tertiary/aromatic N) is 1. The maximum Gasteiger partial charge on any atom is 0.224 e. The second-order valence-electron chi connectivity index (χ2n) is 10.5. The van der Waals surface area contributed by atoms with Crippen LogP contribution in [0.15, 0.2) is 60.7 Å². The molecule has 37 heavy (non-hydrogen) atoms. The molecule has 2 atom stereocenters. The SMILES string of the molecule is CC(=O)NCCNC(=O)[C@@H]1C[C@H](COc2ccc3c(c2)CCC3)CN(Cc2ccc3ccccc3c2)C1. The van der Waals surface area contributed by atoms with Gasteiger partial charge in [0.25, 0.3) is 0 Å². The number of hydrogen-bond donors (Lipinski definition) is 2. The largest absolute Gasteiger partial charge is 0.493 e. The number of benzene rings is 3. The fraction of sp³-hybridized carbons (Fsp3) is 0.419. The maximum absolute atomic E-state index is 13.1. The van der Waals surface area contributed by atoms with Crippen LogP contribution in [0, 0.1) is 11.8 Å². The summed E-state index contributed by atoms with van der Waals surface area (Å²) in [7, 11) is 0. The number of carbonyl (C=O) groups is 2. The van der Waals surface area contributed by atoms with Gasteiger partial charge in [-0.2, -0.15) is 0 Å². The first-order chi connectivity index (χ1) is 18.0. The van der Waals surface area contributed by atoms with Gasteiger partial charge in [0, 0.05) is 45.6 Å². The lowest BCUT2D eigenvalue weighted by Gasteiger charge is -2.37. The Bertz CT molecular complexity index is 1260. The van der Waals surface area contributed by atoms with Crippen molar-refractivity contribution in [2.75, 3.05) is 32.8 Å². The quantitative estimate of drug-likeness (QED) is 0.435. The predicted octanol–water partition coefficient (Wildman–Crippen LogP) is 4.10. The number of ether oxygens (including phenoxy) is 1. The normalized spacial score (nSPS) is 19.4. The molecule has 2 amide bonds. The minimum absolute atomic E-state index is 0.0519. The van der Waals surface area contributed by atoms with Gasteiger partial charge in [0.05, 0.1) is 12.5 Å². The summed E-state index contributed by atoms with van der Waals surface area (Å²) < 4.78 is 6.27. The zero-order chi connectivity index (χ0) is 25.6. The van der Waals surface area contributed by atoms with E-state index in [1.807, 2.05) is 0 Å². The standard InChI is InChI=1S/C31H37N3O3/c1-22(35)32-13-14-33-31(36)29-16-24(21-37-30-12-11-26-7-4-8-28(26)17-30)19-34(20-29)18-23-9-10-25-5-2-3-6-27(25)15-23/h2-3,5-6,9-12,15,17,24,29H,4,7-8,13-14,16,18-21H2,1H3,(H,32,35)(H,33,36)/t24-,29+/m0/s1. The average molecular weight is 500 g/mol. The van der Waals surface area contributed by atoms with Gasteiger partial charge in [-0.05, 0) is 71.3 Å². The molecule has 2 N–H and O–H groups in total. The van der Waals surface area contributed by atoms with Gasteiger partial charge in [-0.15, -0.1) is 0 Å². The first-order valence-electron chi connectivity index (χ1n) is 13.5. The number of hydrogen-bond acceptors (Lipinski definition) is 4. The molecule has 3 aromatic carbocycles. The van der Waals surface area contributed by atoms with Crippen LogP contribution in [-0.2, 0) is 29.0 Å². The number of carbonyl (C=O) groups excluding carboxylic acids is 2. The molecule has 194 valence electrons. The monoisotopic (exact) mass is 499 g/mol. The summed E-state index contributed by atoms with van der Waals surface area (Å²) in [5.41, 5.74) is 4.11. The summed E-state index contributed by atoms with van der Waals surface area (Å²) in [5, 5.41) is 8.23. The summed E-state index contributed by atoms with van der Waals surface area (Å²) in [4.78, 5) is 26.6. The first kappa shape index (κ1) is 25.3. The van der Waals surface area contributed by atoms with Gasteiger partial charge in [-0.1, -0.05) is 42.5 Å². The van der Waals surface area contributed by atoms with E-state index in [9.17, 15) is 9.59 Å². The molecule has 0 aromatic heterocycles. The van der Waals surface area contributed by atoms with Crippen LogP contribution in [0.4, 0.5) is 0 Å². The van der Waals surface area contributed by atoms with Gasteiger partial charge in [0.15, 0.2) is 0 Å². The first-order valence-corrected chi connectivity index (χ1v) is 13.5. The van der Waals surface area contributed by atoms with E-state index in [1.165, 1.54) is 47.2 Å². The number of likely N-dealkylation sites (tertiary alicyclic amines) is 1. The second-order valence-corrected chi connectivity index (χ2v) is 10.5. The molecule has 0 spiro atoms. The van der Waals surface area contributed by atoms with E-state index in [0.717, 1.165) is 31.7 Å². The number of rotatable bonds is 9. The molecule has 1 aliphatic heterocycles. The molecule has 0 unspecified atom stereocenters. The number of fused-ring (bicyclic) bond motifs is 2. The molecule has 6 nitrogen and oxygen atoms in total. The van der Waals surface area contributed by atoms with E-state index < -0.39 is 0 Å². The topological polar surface area (TPSA) is 70.7 Å². The predicted molar refractivity (Wildman–Crippen MR) is 146 cm³/mol. The van der Waals surface area contributed by atoms with Gasteiger partial charge in [-0.3, -0.25) is 14.5 Å². The van der Waals surface area contributed by atoms with Crippen LogP contribution in [0.1, 0.15) is 36.5 Å². The third kappa shape index (κ3) is 6.69. The fourth-order valence-corrected chi connectivity index (χ4v) is 5.76. The number of nitrogens with one attached hydrogen (secondary N) is 2. The van der Waals surface area contributed by atoms with E-state index in [4.69, 9.17) is 4.74 Å². The van der Waals surface area contributed by atoms with Crippen molar-refractivity contribution in [3.8, 4) is 5.75 Å². The van der Waals surface area contributed by atoms with Crippen LogP contribution in [-0.4, -0.2) is 49.5 Å². The smallest absolute Gasteiger partial charge is 0.224 e. The number of piperidine rings is 1. The van der Waals surface area contributed by atoms with Crippen molar-refractivity contribution in [2.45, 2.75) is 39.2 Å². The minimum atomic E-state index is -0.111. The summed E-state index contributed by atoms with van der Waals surface area (Å²) in [6, 6.07) is 21.5. The third-order valence-corrected chi connectivity index (χ3v) is 7.56. The van der Waals surface area contributed by atoms with Crippen LogP contribution in [0.2, 0.25) is 0 Å². The molecule has 0 radical (unpaired) electrons. The van der Waals surface area contributed by atoms with Crippen molar-refractivity contribution in [3.05, 3.63) is 77.4 Å². The van der Waals surface area contributed by atoms with Crippen LogP contribution in [0.3, 0.4) is 0 Å². The average Bonchev–Trinajstić information content (AvgIpc) is 3.37. The zero-order valence-electron chi connectivity index (χ0n) is 21.7. The van der Waals surface area contributed by atoms with E-state index in [2.05, 4.69) is 76.2 Å². The van der Waals surface area contributed by atoms with Crippen molar-refractivity contribution in [1.82, 2.24) is 15.5 Å². The highest BCUT2D eigenvalue weighted by atomic mass is 16.5. The fourth-order valence-electron chi connectivity index (χ4n) is 5.76. The van der Waals surface area contributed by atoms with Crippen LogP contribution in [0.5, 0.6) is 5.75 Å². The Morgan fingerprint density at radius 1 is 0.919 bits per heavy atom. The highest BCUT2D eigenvalue weighted by Crippen LogP contribution is 2.29. The molecule has 1 fully saturated rings. The molecule has 1 heterocycles. The lowest BCUT2D eigenvalue weighted by molar-refractivity contribution is -0.128. The van der Waals surface area contributed by atoms with Crippen LogP contribution < -0.4 is 15.4 Å². The zero-order valence-corrected chi connectivity index (χ0v) is 21.7. The Kier molecular flexibility index (Phi) is 8.05. The van der Waals surface area contributed by atoms with Crippen LogP contribution in [0.25, 0.3) is 10.8 Å². The molecule has 5 rings (SSSR count). The lowest BCUT2D eigenvalue weighted by atomic mass is 9.88. The van der Waals surface area contributed by atoms with E-state index in [-0.39, 0.29) is 23.7 Å². The number of amides is 2. The molecule has 0 bridgehead atoms. The summed E-state index contributed by atoms with van der Waals surface area (Å²) >= 11 is 0. The Hall–Kier alpha value is -3.38. The van der Waals surface area contributed by atoms with Gasteiger partial charge in [-0.25, -0.2) is 0 Å². The molecule has 1 aliphatic carbocycles. The molecule has 0 saturated carbocycles. The highest BCUT2D eigenvalue weighted by molar-refractivity contribution is 5.83. The minimum Gasteiger partial charge on any atom is -0.493 e. The Labute approximate surface area is 219 Å². The van der Waals surface area contributed by atoms with E-state index >= 15 is 0 Å². The molecule has 3 aromatic rings. The van der Waals surface area contributed by atoms with Gasteiger partial charge in [0.1, 0.15) is 5.75 Å². The van der Waals surface area contributed by atoms with Crippen LogP contribution >= 0.6 is 0 Å². The molecular weight excluding hydrogens is 462 g/mol. The highest BCUT2D eigenvalue weighted by Gasteiger charge is 2.32. The van der Waals surface area contributed by atoms with Crippen molar-refractivity contribution < 1.29 is 14.3 Å². The Balaban J connectivity index is 1.25.